The number of unbranched alkanes of at least 4 members (excludes halogenated alkanes) is 8. The van der Waals surface area contributed by atoms with Crippen molar-refractivity contribution in [2.24, 2.45) is 0 Å². The van der Waals surface area contributed by atoms with Crippen LogP contribution in [0.15, 0.2) is 68.1 Å². The van der Waals surface area contributed by atoms with Crippen molar-refractivity contribution in [3.63, 3.8) is 0 Å². The molecular weight excluding hydrogens is 649 g/mol. The van der Waals surface area contributed by atoms with Gasteiger partial charge in [-0.1, -0.05) is 137 Å². The highest BCUT2D eigenvalue weighted by atomic mass is 32.2. The smallest absolute Gasteiger partial charge is 0.311 e. The summed E-state index contributed by atoms with van der Waals surface area (Å²) < 4.78 is 13.4. The summed E-state index contributed by atoms with van der Waals surface area (Å²) >= 11 is 2.55. The molecule has 3 aliphatic carbocycles. The van der Waals surface area contributed by atoms with Crippen molar-refractivity contribution in [2.45, 2.75) is 118 Å². The zero-order valence-corrected chi connectivity index (χ0v) is 29.7. The molecule has 49 heavy (non-hydrogen) atoms. The lowest BCUT2D eigenvalue weighted by Gasteiger charge is -2.58. The van der Waals surface area contributed by atoms with E-state index in [0.717, 1.165) is 75.3 Å². The molecule has 0 N–H and O–H groups in total. The van der Waals surface area contributed by atoms with E-state index >= 15 is 0 Å². The third kappa shape index (κ3) is 5.40. The molecule has 6 nitrogen and oxygen atoms in total. The second-order valence-corrected chi connectivity index (χ2v) is 15.7. The first-order valence-corrected chi connectivity index (χ1v) is 19.4. The van der Waals surface area contributed by atoms with Crippen molar-refractivity contribution in [2.75, 3.05) is 0 Å². The minimum Gasteiger partial charge on any atom is -0.425 e. The minimum atomic E-state index is -0.342. The Hall–Kier alpha value is -3.98. The summed E-state index contributed by atoms with van der Waals surface area (Å²) in [6.07, 6.45) is 10.8. The van der Waals surface area contributed by atoms with Gasteiger partial charge in [-0.25, -0.2) is 0 Å². The van der Waals surface area contributed by atoms with E-state index in [-0.39, 0.29) is 34.8 Å². The van der Waals surface area contributed by atoms with Crippen LogP contribution in [-0.2, 0) is 15.0 Å². The highest BCUT2D eigenvalue weighted by Gasteiger charge is 2.71. The Morgan fingerprint density at radius 3 is 1.53 bits per heavy atom. The second-order valence-electron chi connectivity index (χ2n) is 13.4. The number of rotatable bonds is 14. The molecule has 0 fully saturated rings. The van der Waals surface area contributed by atoms with Crippen LogP contribution in [0.4, 0.5) is 0 Å². The molecule has 0 bridgehead atoms. The van der Waals surface area contributed by atoms with Gasteiger partial charge in [0, 0.05) is 41.2 Å². The fraction of sp³-hybridized carbons (Fsp3) is 0.415. The maximum Gasteiger partial charge on any atom is 0.311 e. The molecule has 3 aromatic carbocycles. The van der Waals surface area contributed by atoms with Crippen molar-refractivity contribution >= 4 is 35.5 Å². The molecular formula is C41H40N2O4S2. The molecule has 3 aromatic rings. The average Bonchev–Trinajstić information content (AvgIpc) is 3.62. The van der Waals surface area contributed by atoms with E-state index in [1.54, 1.807) is 0 Å². The molecule has 2 atom stereocenters. The number of ether oxygens (including phenoxy) is 2. The number of benzene rings is 3. The number of hydrogen-bond donors (Lipinski definition) is 0. The molecule has 7 rings (SSSR count). The minimum absolute atomic E-state index is 0.00918. The lowest BCUT2D eigenvalue weighted by Crippen LogP contribution is -2.52. The maximum atomic E-state index is 13.6. The molecule has 0 amide bonds. The fourth-order valence-electron chi connectivity index (χ4n) is 8.44. The molecule has 0 radical (unpaired) electrons. The number of allylic oxidation sites excluding steroid dienone is 1. The predicted octanol–water partition coefficient (Wildman–Crippen LogP) is 10.6. The van der Waals surface area contributed by atoms with E-state index in [4.69, 9.17) is 9.47 Å². The molecule has 0 saturated carbocycles. The number of carbonyl (C=O) groups excluding carboxylic acids is 2. The lowest BCUT2D eigenvalue weighted by molar-refractivity contribution is -0.136. The summed E-state index contributed by atoms with van der Waals surface area (Å²) in [6.45, 7) is 4.34. The number of carbonyl (C=O) groups is 2. The third-order valence-electron chi connectivity index (χ3n) is 10.5. The van der Waals surface area contributed by atoms with Crippen molar-refractivity contribution < 1.29 is 19.1 Å². The third-order valence-corrected chi connectivity index (χ3v) is 13.1. The molecule has 1 spiro atoms. The summed E-state index contributed by atoms with van der Waals surface area (Å²) in [6, 6.07) is 21.1. The van der Waals surface area contributed by atoms with Crippen LogP contribution in [0.1, 0.15) is 136 Å². The number of thioether (sulfide) groups is 2. The molecule has 0 saturated heterocycles. The van der Waals surface area contributed by atoms with Gasteiger partial charge in [-0.2, -0.15) is 10.5 Å². The molecule has 0 aromatic heterocycles. The topological polar surface area (TPSA) is 100 Å². The first-order chi connectivity index (χ1) is 24.0. The highest BCUT2D eigenvalue weighted by molar-refractivity contribution is 8.24. The van der Waals surface area contributed by atoms with Crippen LogP contribution in [-0.4, -0.2) is 11.9 Å². The normalized spacial score (nSPS) is 19.8. The van der Waals surface area contributed by atoms with Crippen molar-refractivity contribution in [3.05, 3.63) is 91.7 Å². The predicted molar refractivity (Wildman–Crippen MR) is 192 cm³/mol. The van der Waals surface area contributed by atoms with Gasteiger partial charge >= 0.3 is 11.9 Å². The van der Waals surface area contributed by atoms with Gasteiger partial charge in [-0.3, -0.25) is 9.59 Å². The van der Waals surface area contributed by atoms with Crippen LogP contribution >= 0.6 is 23.5 Å². The quantitative estimate of drug-likeness (QED) is 0.0714. The van der Waals surface area contributed by atoms with Gasteiger partial charge in [0.1, 0.15) is 29.2 Å². The summed E-state index contributed by atoms with van der Waals surface area (Å²) in [5.41, 5.74) is 6.34. The van der Waals surface area contributed by atoms with Gasteiger partial charge in [0.05, 0.1) is 14.0 Å². The molecule has 250 valence electrons. The maximum absolute atomic E-state index is 13.6. The molecule has 4 aliphatic rings. The van der Waals surface area contributed by atoms with Gasteiger partial charge in [-0.05, 0) is 35.1 Å². The standard InChI is InChI=1S/C41H40N2O4S2/c1-3-5-7-9-11-21-30(44)46-36-32-33(35-27-18-14-16-20-29(27)41(35)28-19-15-13-17-26(28)34(32)41)37(47-31(45)22-12-10-8-6-4-2)39-38(36)48-40(49-39)25(23-42)24-43/h13-20,34-35H,3-12,21-22H2,1-2H3. The van der Waals surface area contributed by atoms with Crippen molar-refractivity contribution in [1.82, 2.24) is 0 Å². The van der Waals surface area contributed by atoms with Crippen LogP contribution < -0.4 is 9.47 Å². The SMILES string of the molecule is CCCCCCCC(=O)Oc1c2c(c(OC(=O)CCCCCCC)c3c1C1c4ccccc4C14c1ccccc1C34)SC(=C(C#N)C#N)S2. The Kier molecular flexibility index (Phi) is 9.64. The zero-order chi connectivity index (χ0) is 34.1. The first kappa shape index (κ1) is 33.5. The van der Waals surface area contributed by atoms with E-state index in [9.17, 15) is 20.1 Å². The Morgan fingerprint density at radius 2 is 1.10 bits per heavy atom. The first-order valence-electron chi connectivity index (χ1n) is 17.7. The monoisotopic (exact) mass is 688 g/mol. The Balaban J connectivity index is 1.38. The number of hydrogen-bond acceptors (Lipinski definition) is 8. The van der Waals surface area contributed by atoms with E-state index in [2.05, 4.69) is 62.4 Å². The molecule has 1 aliphatic heterocycles. The lowest BCUT2D eigenvalue weighted by atomic mass is 9.43. The summed E-state index contributed by atoms with van der Waals surface area (Å²) in [5.74, 6) is 0.218. The number of nitriles is 2. The van der Waals surface area contributed by atoms with Crippen molar-refractivity contribution in [3.8, 4) is 23.6 Å². The number of fused-ring (bicyclic) bond motifs is 8. The summed E-state index contributed by atoms with van der Waals surface area (Å²) in [7, 11) is 0. The molecule has 1 heterocycles. The van der Waals surface area contributed by atoms with Crippen LogP contribution in [0.5, 0.6) is 11.5 Å². The van der Waals surface area contributed by atoms with Gasteiger partial charge in [0.25, 0.3) is 0 Å². The van der Waals surface area contributed by atoms with Crippen LogP contribution in [0.25, 0.3) is 0 Å². The Morgan fingerprint density at radius 1 is 0.673 bits per heavy atom. The summed E-state index contributed by atoms with van der Waals surface area (Å²) in [4.78, 5) is 28.6. The van der Waals surface area contributed by atoms with Crippen LogP contribution in [0, 0.1) is 22.7 Å². The molecule has 8 heteroatoms. The number of esters is 2. The van der Waals surface area contributed by atoms with E-state index in [1.807, 2.05) is 12.1 Å². The highest BCUT2D eigenvalue weighted by Crippen LogP contribution is 2.81. The fourth-order valence-corrected chi connectivity index (χ4v) is 11.0. The average molecular weight is 689 g/mol. The van der Waals surface area contributed by atoms with Gasteiger partial charge in [-0.15, -0.1) is 0 Å². The summed E-state index contributed by atoms with van der Waals surface area (Å²) in [5, 5.41) is 19.7. The van der Waals surface area contributed by atoms with Gasteiger partial charge in [0.15, 0.2) is 0 Å². The van der Waals surface area contributed by atoms with E-state index in [0.29, 0.717) is 38.4 Å². The zero-order valence-electron chi connectivity index (χ0n) is 28.1. The van der Waals surface area contributed by atoms with E-state index < -0.39 is 0 Å². The van der Waals surface area contributed by atoms with Crippen LogP contribution in [0.3, 0.4) is 0 Å². The second kappa shape index (κ2) is 14.1. The Labute approximate surface area is 297 Å². The largest absolute Gasteiger partial charge is 0.425 e. The van der Waals surface area contributed by atoms with Crippen molar-refractivity contribution in [1.29, 1.82) is 10.5 Å². The van der Waals surface area contributed by atoms with Crippen LogP contribution in [0.2, 0.25) is 0 Å². The number of nitrogens with zero attached hydrogens (tertiary/aromatic N) is 2. The van der Waals surface area contributed by atoms with Gasteiger partial charge < -0.3 is 9.47 Å². The van der Waals surface area contributed by atoms with E-state index in [1.165, 1.54) is 45.8 Å². The van der Waals surface area contributed by atoms with Gasteiger partial charge in [0.2, 0.25) is 0 Å². The Bertz CT molecular complexity index is 1820. The molecule has 2 unspecified atom stereocenters.